The van der Waals surface area contributed by atoms with Gasteiger partial charge >= 0.3 is 0 Å². The zero-order chi connectivity index (χ0) is 12.1. The maximum absolute atomic E-state index is 5.62. The Morgan fingerprint density at radius 3 is 2.35 bits per heavy atom. The molecule has 2 aromatic rings. The Balaban J connectivity index is 2.37. The van der Waals surface area contributed by atoms with Crippen LogP contribution in [0.25, 0.3) is 11.1 Å². The zero-order valence-corrected chi connectivity index (χ0v) is 10.0. The lowest BCUT2D eigenvalue weighted by Gasteiger charge is -2.10. The highest BCUT2D eigenvalue weighted by Gasteiger charge is 2.04. The number of hydrogen-bond acceptors (Lipinski definition) is 2. The van der Waals surface area contributed by atoms with E-state index in [0.29, 0.717) is 13.2 Å². The molecule has 0 bridgehead atoms. The van der Waals surface area contributed by atoms with Crippen LogP contribution in [0.3, 0.4) is 0 Å². The number of rotatable bonds is 4. The lowest BCUT2D eigenvalue weighted by Crippen LogP contribution is -1.96. The van der Waals surface area contributed by atoms with Crippen molar-refractivity contribution in [2.24, 2.45) is 5.73 Å². The van der Waals surface area contributed by atoms with Crippen LogP contribution in [0.15, 0.2) is 48.5 Å². The quantitative estimate of drug-likeness (QED) is 0.870. The summed E-state index contributed by atoms with van der Waals surface area (Å²) in [6, 6.07) is 16.4. The molecule has 0 radical (unpaired) electrons. The van der Waals surface area contributed by atoms with Crippen LogP contribution in [-0.4, -0.2) is 6.61 Å². The van der Waals surface area contributed by atoms with Gasteiger partial charge in [-0.1, -0.05) is 42.5 Å². The normalized spacial score (nSPS) is 10.2. The first-order chi connectivity index (χ1) is 8.35. The van der Waals surface area contributed by atoms with E-state index in [2.05, 4.69) is 30.3 Å². The van der Waals surface area contributed by atoms with E-state index in [-0.39, 0.29) is 0 Å². The third-order valence-corrected chi connectivity index (χ3v) is 2.69. The number of para-hydroxylation sites is 1. The van der Waals surface area contributed by atoms with Gasteiger partial charge in [0.2, 0.25) is 0 Å². The van der Waals surface area contributed by atoms with Gasteiger partial charge in [0.15, 0.2) is 0 Å². The summed E-state index contributed by atoms with van der Waals surface area (Å²) in [4.78, 5) is 0. The van der Waals surface area contributed by atoms with Crippen LogP contribution in [0.4, 0.5) is 0 Å². The van der Waals surface area contributed by atoms with Gasteiger partial charge in [0.1, 0.15) is 5.75 Å². The second-order valence-electron chi connectivity index (χ2n) is 3.83. The minimum atomic E-state index is 0.577. The molecule has 0 aliphatic carbocycles. The van der Waals surface area contributed by atoms with Crippen molar-refractivity contribution in [2.75, 3.05) is 6.61 Å². The van der Waals surface area contributed by atoms with Crippen molar-refractivity contribution in [3.05, 3.63) is 54.1 Å². The first-order valence-electron chi connectivity index (χ1n) is 5.86. The van der Waals surface area contributed by atoms with Gasteiger partial charge in [-0.2, -0.15) is 0 Å². The SMILES string of the molecule is CCOc1ccccc1-c1ccc(CN)cc1. The largest absolute Gasteiger partial charge is 0.493 e. The molecule has 0 unspecified atom stereocenters. The van der Waals surface area contributed by atoms with Gasteiger partial charge < -0.3 is 10.5 Å². The molecule has 0 atom stereocenters. The third-order valence-electron chi connectivity index (χ3n) is 2.69. The van der Waals surface area contributed by atoms with Gasteiger partial charge in [0.25, 0.3) is 0 Å². The maximum Gasteiger partial charge on any atom is 0.127 e. The second kappa shape index (κ2) is 5.51. The van der Waals surface area contributed by atoms with Gasteiger partial charge in [0.05, 0.1) is 6.61 Å². The van der Waals surface area contributed by atoms with Crippen LogP contribution in [0.5, 0.6) is 5.75 Å². The van der Waals surface area contributed by atoms with Crippen LogP contribution in [0.1, 0.15) is 12.5 Å². The Hall–Kier alpha value is -1.80. The Labute approximate surface area is 102 Å². The van der Waals surface area contributed by atoms with Crippen LogP contribution < -0.4 is 10.5 Å². The molecule has 0 heterocycles. The predicted molar refractivity (Wildman–Crippen MR) is 70.9 cm³/mol. The average molecular weight is 227 g/mol. The van der Waals surface area contributed by atoms with E-state index in [4.69, 9.17) is 10.5 Å². The Kier molecular flexibility index (Phi) is 3.78. The first kappa shape index (κ1) is 11.7. The highest BCUT2D eigenvalue weighted by atomic mass is 16.5. The summed E-state index contributed by atoms with van der Waals surface area (Å²) < 4.78 is 5.62. The monoisotopic (exact) mass is 227 g/mol. The standard InChI is InChI=1S/C15H17NO/c1-2-17-15-6-4-3-5-14(15)13-9-7-12(11-16)8-10-13/h3-10H,2,11,16H2,1H3. The van der Waals surface area contributed by atoms with E-state index in [1.165, 1.54) is 0 Å². The minimum absolute atomic E-state index is 0.577. The van der Waals surface area contributed by atoms with Gasteiger partial charge in [0, 0.05) is 12.1 Å². The molecule has 17 heavy (non-hydrogen) atoms. The molecule has 0 aliphatic heterocycles. The molecular weight excluding hydrogens is 210 g/mol. The molecule has 2 rings (SSSR count). The van der Waals surface area contributed by atoms with Crippen molar-refractivity contribution in [1.29, 1.82) is 0 Å². The fourth-order valence-electron chi connectivity index (χ4n) is 1.81. The summed E-state index contributed by atoms with van der Waals surface area (Å²) in [5, 5.41) is 0. The molecule has 88 valence electrons. The Morgan fingerprint density at radius 2 is 1.71 bits per heavy atom. The Bertz CT molecular complexity index is 477. The lowest BCUT2D eigenvalue weighted by atomic mass is 10.0. The molecule has 2 N–H and O–H groups in total. The molecule has 0 aromatic heterocycles. The molecule has 0 fully saturated rings. The zero-order valence-electron chi connectivity index (χ0n) is 10.0. The van der Waals surface area contributed by atoms with E-state index in [1.54, 1.807) is 0 Å². The first-order valence-corrected chi connectivity index (χ1v) is 5.86. The van der Waals surface area contributed by atoms with Crippen molar-refractivity contribution in [3.63, 3.8) is 0 Å². The summed E-state index contributed by atoms with van der Waals surface area (Å²) in [6.45, 7) is 3.25. The summed E-state index contributed by atoms with van der Waals surface area (Å²) in [5.41, 5.74) is 9.01. The van der Waals surface area contributed by atoms with E-state index in [0.717, 1.165) is 22.4 Å². The average Bonchev–Trinajstić information content (AvgIpc) is 2.40. The number of hydrogen-bond donors (Lipinski definition) is 1. The fourth-order valence-corrected chi connectivity index (χ4v) is 1.81. The highest BCUT2D eigenvalue weighted by molar-refractivity contribution is 5.70. The van der Waals surface area contributed by atoms with Crippen LogP contribution in [0.2, 0.25) is 0 Å². The van der Waals surface area contributed by atoms with Crippen LogP contribution in [-0.2, 0) is 6.54 Å². The van der Waals surface area contributed by atoms with Gasteiger partial charge in [-0.25, -0.2) is 0 Å². The van der Waals surface area contributed by atoms with E-state index < -0.39 is 0 Å². The molecule has 2 aromatic carbocycles. The molecular formula is C15H17NO. The van der Waals surface area contributed by atoms with Crippen molar-refractivity contribution >= 4 is 0 Å². The van der Waals surface area contributed by atoms with E-state index in [1.807, 2.05) is 25.1 Å². The fraction of sp³-hybridized carbons (Fsp3) is 0.200. The van der Waals surface area contributed by atoms with Crippen LogP contribution >= 0.6 is 0 Å². The molecule has 0 amide bonds. The summed E-state index contributed by atoms with van der Waals surface area (Å²) in [7, 11) is 0. The number of ether oxygens (including phenoxy) is 1. The third kappa shape index (κ3) is 2.66. The van der Waals surface area contributed by atoms with E-state index >= 15 is 0 Å². The van der Waals surface area contributed by atoms with Crippen molar-refractivity contribution < 1.29 is 4.74 Å². The summed E-state index contributed by atoms with van der Waals surface area (Å²) in [5.74, 6) is 0.926. The maximum atomic E-state index is 5.62. The predicted octanol–water partition coefficient (Wildman–Crippen LogP) is 3.21. The van der Waals surface area contributed by atoms with Crippen molar-refractivity contribution in [1.82, 2.24) is 0 Å². The minimum Gasteiger partial charge on any atom is -0.493 e. The van der Waals surface area contributed by atoms with E-state index in [9.17, 15) is 0 Å². The van der Waals surface area contributed by atoms with Gasteiger partial charge in [-0.05, 0) is 24.1 Å². The van der Waals surface area contributed by atoms with Crippen molar-refractivity contribution in [3.8, 4) is 16.9 Å². The molecule has 0 saturated heterocycles. The molecule has 2 nitrogen and oxygen atoms in total. The lowest BCUT2D eigenvalue weighted by molar-refractivity contribution is 0.341. The number of nitrogens with two attached hydrogens (primary N) is 1. The molecule has 0 saturated carbocycles. The smallest absolute Gasteiger partial charge is 0.127 e. The summed E-state index contributed by atoms with van der Waals surface area (Å²) in [6.07, 6.45) is 0. The Morgan fingerprint density at radius 1 is 1.00 bits per heavy atom. The summed E-state index contributed by atoms with van der Waals surface area (Å²) >= 11 is 0. The van der Waals surface area contributed by atoms with Gasteiger partial charge in [-0.3, -0.25) is 0 Å². The van der Waals surface area contributed by atoms with Crippen LogP contribution in [0, 0.1) is 0 Å². The highest BCUT2D eigenvalue weighted by Crippen LogP contribution is 2.29. The molecule has 0 spiro atoms. The topological polar surface area (TPSA) is 35.2 Å². The van der Waals surface area contributed by atoms with Crippen molar-refractivity contribution in [2.45, 2.75) is 13.5 Å². The number of benzene rings is 2. The molecule has 0 aliphatic rings. The van der Waals surface area contributed by atoms with Gasteiger partial charge in [-0.15, -0.1) is 0 Å². The molecule has 2 heteroatoms. The second-order valence-corrected chi connectivity index (χ2v) is 3.83.